The van der Waals surface area contributed by atoms with E-state index in [0.29, 0.717) is 13.1 Å². The highest BCUT2D eigenvalue weighted by Crippen LogP contribution is 2.18. The fraction of sp³-hybridized carbons (Fsp3) is 0.474. The molecule has 2 aromatic rings. The third-order valence-electron chi connectivity index (χ3n) is 3.83. The average molecular weight is 395 g/mol. The molecule has 7 heteroatoms. The summed E-state index contributed by atoms with van der Waals surface area (Å²) in [5.74, 6) is -0.101. The standard InChI is InChI=1S/C19H26N2O3S2/c1-3-4-7-16(20-15(2)22)14-24-19(23)21(12-17-8-5-10-25-17)13-18-9-6-11-26-18/h5-6,8-11,16H,3-4,7,12-14H2,1-2H3,(H,20,22)/t16-/m1/s1. The predicted octanol–water partition coefficient (Wildman–Crippen LogP) is 4.64. The molecule has 142 valence electrons. The van der Waals surface area contributed by atoms with Crippen molar-refractivity contribution in [3.05, 3.63) is 44.8 Å². The lowest BCUT2D eigenvalue weighted by Gasteiger charge is -2.23. The number of carbonyl (C=O) groups is 2. The van der Waals surface area contributed by atoms with Gasteiger partial charge in [-0.05, 0) is 29.3 Å². The number of thiophene rings is 2. The van der Waals surface area contributed by atoms with Crippen molar-refractivity contribution in [1.82, 2.24) is 10.2 Å². The Morgan fingerprint density at radius 1 is 1.15 bits per heavy atom. The number of amides is 2. The molecule has 0 spiro atoms. The van der Waals surface area contributed by atoms with Crippen LogP contribution >= 0.6 is 22.7 Å². The minimum atomic E-state index is -0.348. The molecule has 5 nitrogen and oxygen atoms in total. The molecular formula is C19H26N2O3S2. The van der Waals surface area contributed by atoms with Crippen molar-refractivity contribution in [2.45, 2.75) is 52.2 Å². The summed E-state index contributed by atoms with van der Waals surface area (Å²) in [6.45, 7) is 4.83. The average Bonchev–Trinajstić information content (AvgIpc) is 3.30. The molecular weight excluding hydrogens is 368 g/mol. The fourth-order valence-electron chi connectivity index (χ4n) is 2.56. The summed E-state index contributed by atoms with van der Waals surface area (Å²) in [7, 11) is 0. The van der Waals surface area contributed by atoms with Gasteiger partial charge in [0.2, 0.25) is 5.91 Å². The van der Waals surface area contributed by atoms with Gasteiger partial charge in [0.05, 0.1) is 19.1 Å². The van der Waals surface area contributed by atoms with Crippen LogP contribution in [0.5, 0.6) is 0 Å². The zero-order valence-electron chi connectivity index (χ0n) is 15.3. The number of nitrogens with zero attached hydrogens (tertiary/aromatic N) is 1. The molecule has 2 rings (SSSR count). The fourth-order valence-corrected chi connectivity index (χ4v) is 4.00. The van der Waals surface area contributed by atoms with E-state index in [1.807, 2.05) is 35.0 Å². The lowest BCUT2D eigenvalue weighted by molar-refractivity contribution is -0.120. The van der Waals surface area contributed by atoms with E-state index in [1.165, 1.54) is 6.92 Å². The van der Waals surface area contributed by atoms with E-state index in [9.17, 15) is 9.59 Å². The maximum Gasteiger partial charge on any atom is 0.410 e. The van der Waals surface area contributed by atoms with E-state index in [4.69, 9.17) is 4.74 Å². The molecule has 1 N–H and O–H groups in total. The number of carbonyl (C=O) groups excluding carboxylic acids is 2. The van der Waals surface area contributed by atoms with Crippen LogP contribution in [0.15, 0.2) is 35.0 Å². The maximum atomic E-state index is 12.7. The first-order valence-electron chi connectivity index (χ1n) is 8.82. The monoisotopic (exact) mass is 394 g/mol. The van der Waals surface area contributed by atoms with Crippen molar-refractivity contribution in [1.29, 1.82) is 0 Å². The normalized spacial score (nSPS) is 11.8. The molecule has 2 amide bonds. The number of hydrogen-bond acceptors (Lipinski definition) is 5. The second-order valence-electron chi connectivity index (χ2n) is 6.13. The molecule has 0 unspecified atom stereocenters. The summed E-state index contributed by atoms with van der Waals surface area (Å²) >= 11 is 3.24. The Hall–Kier alpha value is -1.86. The molecule has 26 heavy (non-hydrogen) atoms. The minimum Gasteiger partial charge on any atom is -0.447 e. The molecule has 2 heterocycles. The topological polar surface area (TPSA) is 58.6 Å². The third-order valence-corrected chi connectivity index (χ3v) is 5.56. The van der Waals surface area contributed by atoms with E-state index in [2.05, 4.69) is 12.2 Å². The number of ether oxygens (including phenoxy) is 1. The summed E-state index contributed by atoms with van der Waals surface area (Å²) in [6, 6.07) is 7.85. The Morgan fingerprint density at radius 2 is 1.77 bits per heavy atom. The third kappa shape index (κ3) is 7.17. The number of unbranched alkanes of at least 4 members (excludes halogenated alkanes) is 1. The molecule has 2 aromatic heterocycles. The maximum absolute atomic E-state index is 12.7. The van der Waals surface area contributed by atoms with Gasteiger partial charge in [-0.25, -0.2) is 4.79 Å². The lowest BCUT2D eigenvalue weighted by atomic mass is 10.1. The van der Waals surface area contributed by atoms with Crippen LogP contribution in [0.1, 0.15) is 42.9 Å². The highest BCUT2D eigenvalue weighted by Gasteiger charge is 2.19. The SMILES string of the molecule is CCCC[C@H](COC(=O)N(Cc1cccs1)Cc1cccs1)NC(C)=O. The van der Waals surface area contributed by atoms with Crippen LogP contribution in [0.2, 0.25) is 0 Å². The van der Waals surface area contributed by atoms with Crippen molar-refractivity contribution < 1.29 is 14.3 Å². The predicted molar refractivity (Wildman–Crippen MR) is 106 cm³/mol. The van der Waals surface area contributed by atoms with Gasteiger partial charge in [0, 0.05) is 16.7 Å². The van der Waals surface area contributed by atoms with Crippen LogP contribution in [-0.4, -0.2) is 29.5 Å². The van der Waals surface area contributed by atoms with Crippen LogP contribution < -0.4 is 5.32 Å². The summed E-state index contributed by atoms with van der Waals surface area (Å²) in [6.07, 6.45) is 2.47. The van der Waals surface area contributed by atoms with Crippen LogP contribution in [-0.2, 0) is 22.6 Å². The Bertz CT molecular complexity index is 620. The van der Waals surface area contributed by atoms with Crippen molar-refractivity contribution in [3.63, 3.8) is 0 Å². The van der Waals surface area contributed by atoms with Crippen molar-refractivity contribution in [3.8, 4) is 0 Å². The summed E-state index contributed by atoms with van der Waals surface area (Å²) in [5.41, 5.74) is 0. The van der Waals surface area contributed by atoms with Crippen LogP contribution in [0, 0.1) is 0 Å². The molecule has 0 saturated carbocycles. The van der Waals surface area contributed by atoms with Crippen LogP contribution in [0.4, 0.5) is 4.79 Å². The quantitative estimate of drug-likeness (QED) is 0.638. The van der Waals surface area contributed by atoms with Gasteiger partial charge in [0.1, 0.15) is 6.61 Å². The highest BCUT2D eigenvalue weighted by molar-refractivity contribution is 7.10. The summed E-state index contributed by atoms with van der Waals surface area (Å²) < 4.78 is 5.54. The zero-order valence-corrected chi connectivity index (χ0v) is 16.9. The van der Waals surface area contributed by atoms with Crippen molar-refractivity contribution in [2.75, 3.05) is 6.61 Å². The van der Waals surface area contributed by atoms with E-state index in [1.54, 1.807) is 27.6 Å². The molecule has 0 fully saturated rings. The molecule has 0 saturated heterocycles. The molecule has 1 atom stereocenters. The molecule has 0 aliphatic carbocycles. The smallest absolute Gasteiger partial charge is 0.410 e. The Labute approximate surface area is 163 Å². The van der Waals surface area contributed by atoms with Gasteiger partial charge in [0.15, 0.2) is 0 Å². The number of hydrogen-bond donors (Lipinski definition) is 1. The number of nitrogens with one attached hydrogen (secondary N) is 1. The van der Waals surface area contributed by atoms with Crippen molar-refractivity contribution in [2.24, 2.45) is 0 Å². The first-order valence-corrected chi connectivity index (χ1v) is 10.6. The molecule has 0 bridgehead atoms. The molecule has 0 aliphatic rings. The van der Waals surface area contributed by atoms with Gasteiger partial charge in [0.25, 0.3) is 0 Å². The lowest BCUT2D eigenvalue weighted by Crippen LogP contribution is -2.39. The van der Waals surface area contributed by atoms with E-state index >= 15 is 0 Å². The Kier molecular flexibility index (Phi) is 8.64. The summed E-state index contributed by atoms with van der Waals surface area (Å²) in [4.78, 5) is 28.0. The highest BCUT2D eigenvalue weighted by atomic mass is 32.1. The van der Waals surface area contributed by atoms with Gasteiger partial charge >= 0.3 is 6.09 Å². The number of rotatable bonds is 10. The first-order chi connectivity index (χ1) is 12.6. The van der Waals surface area contributed by atoms with Gasteiger partial charge in [-0.15, -0.1) is 22.7 Å². The van der Waals surface area contributed by atoms with E-state index in [-0.39, 0.29) is 24.6 Å². The van der Waals surface area contributed by atoms with Crippen LogP contribution in [0.25, 0.3) is 0 Å². The van der Waals surface area contributed by atoms with E-state index in [0.717, 1.165) is 29.0 Å². The molecule has 0 aliphatic heterocycles. The van der Waals surface area contributed by atoms with Gasteiger partial charge in [-0.1, -0.05) is 31.9 Å². The molecule has 0 radical (unpaired) electrons. The minimum absolute atomic E-state index is 0.101. The largest absolute Gasteiger partial charge is 0.447 e. The Balaban J connectivity index is 1.96. The van der Waals surface area contributed by atoms with Gasteiger partial charge < -0.3 is 10.1 Å². The Morgan fingerprint density at radius 3 is 2.23 bits per heavy atom. The second-order valence-corrected chi connectivity index (χ2v) is 8.20. The van der Waals surface area contributed by atoms with E-state index < -0.39 is 0 Å². The molecule has 0 aromatic carbocycles. The first kappa shape index (κ1) is 20.5. The second kappa shape index (κ2) is 11.0. The van der Waals surface area contributed by atoms with Gasteiger partial charge in [-0.2, -0.15) is 0 Å². The van der Waals surface area contributed by atoms with Crippen LogP contribution in [0.3, 0.4) is 0 Å². The zero-order chi connectivity index (χ0) is 18.8. The van der Waals surface area contributed by atoms with Crippen molar-refractivity contribution >= 4 is 34.7 Å². The summed E-state index contributed by atoms with van der Waals surface area (Å²) in [5, 5.41) is 6.87. The van der Waals surface area contributed by atoms with Gasteiger partial charge in [-0.3, -0.25) is 9.69 Å².